The third-order valence-corrected chi connectivity index (χ3v) is 5.48. The van der Waals surface area contributed by atoms with Gasteiger partial charge in [0, 0.05) is 18.4 Å². The smallest absolute Gasteiger partial charge is 0.350 e. The molecule has 4 fully saturated rings. The van der Waals surface area contributed by atoms with Crippen molar-refractivity contribution in [1.29, 1.82) is 0 Å². The molecule has 0 aromatic heterocycles. The summed E-state index contributed by atoms with van der Waals surface area (Å²) in [6, 6.07) is 0. The highest BCUT2D eigenvalue weighted by atomic mass is 16.9. The van der Waals surface area contributed by atoms with Crippen molar-refractivity contribution in [1.82, 2.24) is 0 Å². The first-order valence-electron chi connectivity index (χ1n) is 9.02. The van der Waals surface area contributed by atoms with Crippen LogP contribution in [-0.2, 0) is 33.3 Å². The Morgan fingerprint density at radius 1 is 1.16 bits per heavy atom. The van der Waals surface area contributed by atoms with Crippen LogP contribution in [-0.4, -0.2) is 48.4 Å². The number of carbonyl (C=O) groups excluding carboxylic acids is 2. The fourth-order valence-electron chi connectivity index (χ4n) is 3.94. The third-order valence-electron chi connectivity index (χ3n) is 5.48. The second-order valence-corrected chi connectivity index (χ2v) is 7.55. The maximum Gasteiger partial charge on any atom is 0.350 e. The average Bonchev–Trinajstić information content (AvgIpc) is 3.17. The van der Waals surface area contributed by atoms with Crippen LogP contribution in [0.1, 0.15) is 46.0 Å². The lowest BCUT2D eigenvalue weighted by Crippen LogP contribution is -2.40. The summed E-state index contributed by atoms with van der Waals surface area (Å²) in [7, 11) is 0. The van der Waals surface area contributed by atoms with Crippen LogP contribution < -0.4 is 0 Å². The van der Waals surface area contributed by atoms with Gasteiger partial charge >= 0.3 is 11.9 Å². The SMILES string of the molecule is C=C(C(=O)OC1C(=O)OC2C3OC4(CCCCC4)OC3OC12)C(C)C. The average molecular weight is 352 g/mol. The van der Waals surface area contributed by atoms with Gasteiger partial charge in [0.1, 0.15) is 6.10 Å². The molecule has 4 rings (SSSR count). The van der Waals surface area contributed by atoms with Crippen LogP contribution >= 0.6 is 0 Å². The molecule has 0 bridgehead atoms. The minimum atomic E-state index is -1.10. The molecule has 1 spiro atoms. The maximum atomic E-state index is 12.2. The Morgan fingerprint density at radius 3 is 2.56 bits per heavy atom. The van der Waals surface area contributed by atoms with Gasteiger partial charge in [0.15, 0.2) is 24.3 Å². The summed E-state index contributed by atoms with van der Waals surface area (Å²) in [5, 5.41) is 0. The van der Waals surface area contributed by atoms with Crippen molar-refractivity contribution in [2.45, 2.75) is 82.4 Å². The monoisotopic (exact) mass is 352 g/mol. The van der Waals surface area contributed by atoms with Crippen LogP contribution in [0, 0.1) is 5.92 Å². The predicted molar refractivity (Wildman–Crippen MR) is 84.2 cm³/mol. The largest absolute Gasteiger partial charge is 0.454 e. The molecule has 0 N–H and O–H groups in total. The molecule has 1 saturated carbocycles. The Morgan fingerprint density at radius 2 is 1.88 bits per heavy atom. The number of ether oxygens (including phenoxy) is 5. The standard InChI is InChI=1S/C18H24O7/c1-9(2)10(3)15(19)22-13-11-12(21-16(13)20)14-17(23-11)25-18(24-14)7-5-4-6-8-18/h9,11-14,17H,3-8H2,1-2H3. The first-order valence-corrected chi connectivity index (χ1v) is 9.02. The summed E-state index contributed by atoms with van der Waals surface area (Å²) in [6.45, 7) is 7.37. The zero-order chi connectivity index (χ0) is 17.8. The topological polar surface area (TPSA) is 80.3 Å². The second kappa shape index (κ2) is 6.07. The van der Waals surface area contributed by atoms with Gasteiger partial charge in [0.05, 0.1) is 0 Å². The summed E-state index contributed by atoms with van der Waals surface area (Å²) >= 11 is 0. The molecule has 3 saturated heterocycles. The first kappa shape index (κ1) is 17.0. The fourth-order valence-corrected chi connectivity index (χ4v) is 3.94. The lowest BCUT2D eigenvalue weighted by atomic mass is 9.94. The van der Waals surface area contributed by atoms with E-state index < -0.39 is 48.4 Å². The highest BCUT2D eigenvalue weighted by Gasteiger charge is 2.65. The van der Waals surface area contributed by atoms with Crippen LogP contribution in [0.15, 0.2) is 12.2 Å². The van der Waals surface area contributed by atoms with Crippen LogP contribution in [0.5, 0.6) is 0 Å². The van der Waals surface area contributed by atoms with E-state index in [1.807, 2.05) is 13.8 Å². The molecule has 0 aromatic rings. The van der Waals surface area contributed by atoms with Crippen molar-refractivity contribution >= 4 is 11.9 Å². The molecule has 138 valence electrons. The minimum absolute atomic E-state index is 0.0672. The molecule has 7 heteroatoms. The number of hydrogen-bond donors (Lipinski definition) is 0. The van der Waals surface area contributed by atoms with Gasteiger partial charge in [-0.2, -0.15) is 0 Å². The van der Waals surface area contributed by atoms with Gasteiger partial charge in [-0.3, -0.25) is 0 Å². The van der Waals surface area contributed by atoms with Crippen molar-refractivity contribution in [2.24, 2.45) is 5.92 Å². The zero-order valence-corrected chi connectivity index (χ0v) is 14.6. The van der Waals surface area contributed by atoms with Crippen molar-refractivity contribution in [3.8, 4) is 0 Å². The fraction of sp³-hybridized carbons (Fsp3) is 0.778. The molecule has 5 atom stereocenters. The van der Waals surface area contributed by atoms with Gasteiger partial charge < -0.3 is 23.7 Å². The molecule has 0 aromatic carbocycles. The molecular formula is C18H24O7. The van der Waals surface area contributed by atoms with Crippen molar-refractivity contribution < 1.29 is 33.3 Å². The Hall–Kier alpha value is -1.44. The molecule has 3 aliphatic heterocycles. The van der Waals surface area contributed by atoms with E-state index >= 15 is 0 Å². The summed E-state index contributed by atoms with van der Waals surface area (Å²) in [6.07, 6.45) is 1.44. The molecular weight excluding hydrogens is 328 g/mol. The van der Waals surface area contributed by atoms with Crippen LogP contribution in [0.25, 0.3) is 0 Å². The summed E-state index contributed by atoms with van der Waals surface area (Å²) in [5.41, 5.74) is 0.308. The lowest BCUT2D eigenvalue weighted by Gasteiger charge is -2.33. The van der Waals surface area contributed by atoms with E-state index in [0.717, 1.165) is 25.7 Å². The minimum Gasteiger partial charge on any atom is -0.454 e. The molecule has 25 heavy (non-hydrogen) atoms. The number of rotatable bonds is 3. The molecule has 7 nitrogen and oxygen atoms in total. The van der Waals surface area contributed by atoms with Crippen molar-refractivity contribution in [2.75, 3.05) is 0 Å². The molecule has 0 amide bonds. The Balaban J connectivity index is 1.44. The molecule has 1 aliphatic carbocycles. The van der Waals surface area contributed by atoms with Gasteiger partial charge in [-0.05, 0) is 18.8 Å². The van der Waals surface area contributed by atoms with Crippen LogP contribution in [0.2, 0.25) is 0 Å². The highest BCUT2D eigenvalue weighted by molar-refractivity contribution is 5.91. The Bertz CT molecular complexity index is 592. The maximum absolute atomic E-state index is 12.2. The van der Waals surface area contributed by atoms with E-state index in [-0.39, 0.29) is 5.92 Å². The van der Waals surface area contributed by atoms with Crippen molar-refractivity contribution in [3.63, 3.8) is 0 Å². The van der Waals surface area contributed by atoms with E-state index in [2.05, 4.69) is 6.58 Å². The van der Waals surface area contributed by atoms with Crippen molar-refractivity contribution in [3.05, 3.63) is 12.2 Å². The predicted octanol–water partition coefficient (Wildman–Crippen LogP) is 1.84. The summed E-state index contributed by atoms with van der Waals surface area (Å²) < 4.78 is 28.7. The summed E-state index contributed by atoms with van der Waals surface area (Å²) in [4.78, 5) is 24.3. The normalized spacial score (nSPS) is 38.5. The van der Waals surface area contributed by atoms with E-state index in [0.29, 0.717) is 5.57 Å². The number of carbonyl (C=O) groups is 2. The van der Waals surface area contributed by atoms with Crippen LogP contribution in [0.3, 0.4) is 0 Å². The van der Waals surface area contributed by atoms with Crippen LogP contribution in [0.4, 0.5) is 0 Å². The molecule has 3 heterocycles. The van der Waals surface area contributed by atoms with Gasteiger partial charge in [0.25, 0.3) is 0 Å². The zero-order valence-electron chi connectivity index (χ0n) is 14.6. The first-order chi connectivity index (χ1) is 11.9. The summed E-state index contributed by atoms with van der Waals surface area (Å²) in [5.74, 6) is -1.90. The number of esters is 2. The van der Waals surface area contributed by atoms with Gasteiger partial charge in [-0.1, -0.05) is 26.8 Å². The quantitative estimate of drug-likeness (QED) is 0.566. The van der Waals surface area contributed by atoms with Gasteiger partial charge in [0.2, 0.25) is 6.10 Å². The molecule has 0 radical (unpaired) electrons. The van der Waals surface area contributed by atoms with Gasteiger partial charge in [-0.15, -0.1) is 0 Å². The van der Waals surface area contributed by atoms with E-state index in [4.69, 9.17) is 23.7 Å². The van der Waals surface area contributed by atoms with Gasteiger partial charge in [-0.25, -0.2) is 9.59 Å². The Labute approximate surface area is 146 Å². The molecule has 4 aliphatic rings. The lowest BCUT2D eigenvalue weighted by molar-refractivity contribution is -0.246. The third kappa shape index (κ3) is 2.78. The number of fused-ring (bicyclic) bond motifs is 3. The van der Waals surface area contributed by atoms with E-state index in [1.165, 1.54) is 6.42 Å². The van der Waals surface area contributed by atoms with E-state index in [1.54, 1.807) is 0 Å². The van der Waals surface area contributed by atoms with E-state index in [9.17, 15) is 9.59 Å². The highest BCUT2D eigenvalue weighted by Crippen LogP contribution is 2.48. The Kier molecular flexibility index (Phi) is 4.13. The number of hydrogen-bond acceptors (Lipinski definition) is 7. The molecule has 5 unspecified atom stereocenters. The second-order valence-electron chi connectivity index (χ2n) is 7.55.